The molecule has 1 aliphatic rings. The molecule has 1 N–H and O–H groups in total. The van der Waals surface area contributed by atoms with Crippen LogP contribution >= 0.6 is 24.0 Å². The quantitative estimate of drug-likeness (QED) is 0.317. The topological polar surface area (TPSA) is 48.2 Å². The van der Waals surface area contributed by atoms with Gasteiger partial charge >= 0.3 is 0 Å². The molecule has 0 bridgehead atoms. The summed E-state index contributed by atoms with van der Waals surface area (Å²) in [7, 11) is 0. The predicted octanol–water partition coefficient (Wildman–Crippen LogP) is 3.42. The highest BCUT2D eigenvalue weighted by Crippen LogP contribution is 2.17. The Morgan fingerprint density at radius 3 is 2.57 bits per heavy atom. The number of halogens is 2. The average molecular weight is 522 g/mol. The fourth-order valence-corrected chi connectivity index (χ4v) is 3.64. The number of benzene rings is 1. The third-order valence-corrected chi connectivity index (χ3v) is 5.15. The van der Waals surface area contributed by atoms with Crippen molar-refractivity contribution in [1.82, 2.24) is 19.6 Å². The largest absolute Gasteiger partial charge is 0.368 e. The monoisotopic (exact) mass is 522 g/mol. The maximum Gasteiger partial charge on any atom is 0.194 e. The molecule has 0 unspecified atom stereocenters. The van der Waals surface area contributed by atoms with E-state index in [1.54, 1.807) is 0 Å². The van der Waals surface area contributed by atoms with Gasteiger partial charge in [0, 0.05) is 63.8 Å². The van der Waals surface area contributed by atoms with Crippen molar-refractivity contribution in [2.24, 2.45) is 4.99 Å². The number of hydrogen-bond acceptors (Lipinski definition) is 3. The number of nitrogens with one attached hydrogen (secondary N) is 1. The molecule has 0 saturated carbocycles. The Morgan fingerprint density at radius 2 is 1.87 bits per heavy atom. The fraction of sp³-hybridized carbons (Fsp3) is 0.364. The molecular formula is C22H28FIN6. The van der Waals surface area contributed by atoms with Gasteiger partial charge in [-0.1, -0.05) is 6.07 Å². The molecule has 1 saturated heterocycles. The molecule has 6 nitrogen and oxygen atoms in total. The van der Waals surface area contributed by atoms with Crippen molar-refractivity contribution in [3.8, 4) is 0 Å². The molecular weight excluding hydrogens is 494 g/mol. The molecule has 30 heavy (non-hydrogen) atoms. The lowest BCUT2D eigenvalue weighted by atomic mass is 10.2. The number of aromatic nitrogens is 2. The Hall–Kier alpha value is -2.36. The van der Waals surface area contributed by atoms with Crippen molar-refractivity contribution in [2.75, 3.05) is 44.2 Å². The lowest BCUT2D eigenvalue weighted by molar-refractivity contribution is 0.372. The van der Waals surface area contributed by atoms with Gasteiger partial charge in [-0.3, -0.25) is 4.99 Å². The summed E-state index contributed by atoms with van der Waals surface area (Å²) in [5.41, 5.74) is 3.09. The zero-order valence-electron chi connectivity index (χ0n) is 17.2. The second-order valence-corrected chi connectivity index (χ2v) is 7.13. The Labute approximate surface area is 193 Å². The van der Waals surface area contributed by atoms with Crippen LogP contribution < -0.4 is 10.2 Å². The molecule has 0 atom stereocenters. The number of anilines is 1. The van der Waals surface area contributed by atoms with Crippen LogP contribution in [0.3, 0.4) is 0 Å². The smallest absolute Gasteiger partial charge is 0.194 e. The van der Waals surface area contributed by atoms with Crippen LogP contribution in [0.15, 0.2) is 59.9 Å². The van der Waals surface area contributed by atoms with Gasteiger partial charge in [-0.15, -0.1) is 24.0 Å². The van der Waals surface area contributed by atoms with Crippen molar-refractivity contribution in [2.45, 2.75) is 13.3 Å². The summed E-state index contributed by atoms with van der Waals surface area (Å²) in [6, 6.07) is 12.7. The number of nitrogens with zero attached hydrogens (tertiary/aromatic N) is 5. The van der Waals surface area contributed by atoms with E-state index in [1.165, 1.54) is 12.1 Å². The third-order valence-electron chi connectivity index (χ3n) is 5.15. The van der Waals surface area contributed by atoms with Gasteiger partial charge in [0.1, 0.15) is 11.5 Å². The highest BCUT2D eigenvalue weighted by Gasteiger charge is 2.19. The highest BCUT2D eigenvalue weighted by molar-refractivity contribution is 14.0. The zero-order valence-corrected chi connectivity index (χ0v) is 19.5. The molecule has 0 amide bonds. The van der Waals surface area contributed by atoms with Gasteiger partial charge in [0.25, 0.3) is 0 Å². The molecule has 8 heteroatoms. The minimum Gasteiger partial charge on any atom is -0.368 e. The van der Waals surface area contributed by atoms with Crippen LogP contribution in [0, 0.1) is 5.82 Å². The van der Waals surface area contributed by atoms with E-state index in [0.717, 1.165) is 62.1 Å². The van der Waals surface area contributed by atoms with Gasteiger partial charge < -0.3 is 19.5 Å². The SMILES string of the molecule is CCNC(=NCCc1cn2ccccc2n1)N1CCN(c2ccc(F)cc2)CC1.I. The standard InChI is InChI=1S/C22H27FN6.HI/c1-2-24-22(25-11-10-19-17-29-12-4-3-5-21(29)26-19)28-15-13-27(14-16-28)20-8-6-18(23)7-9-20;/h3-9,12,17H,2,10-11,13-16H2,1H3,(H,24,25);1H. The number of hydrogen-bond donors (Lipinski definition) is 1. The van der Waals surface area contributed by atoms with Crippen LogP contribution in [-0.4, -0.2) is 59.5 Å². The minimum absolute atomic E-state index is 0. The van der Waals surface area contributed by atoms with Gasteiger partial charge in [-0.25, -0.2) is 9.37 Å². The maximum absolute atomic E-state index is 13.2. The summed E-state index contributed by atoms with van der Waals surface area (Å²) in [5, 5.41) is 3.41. The maximum atomic E-state index is 13.2. The first-order valence-electron chi connectivity index (χ1n) is 10.2. The Kier molecular flexibility index (Phi) is 7.89. The normalized spacial score (nSPS) is 14.7. The summed E-state index contributed by atoms with van der Waals surface area (Å²) < 4.78 is 15.2. The lowest BCUT2D eigenvalue weighted by Crippen LogP contribution is -2.52. The first-order valence-corrected chi connectivity index (χ1v) is 10.2. The van der Waals surface area contributed by atoms with Crippen LogP contribution in [0.4, 0.5) is 10.1 Å². The summed E-state index contributed by atoms with van der Waals surface area (Å²) >= 11 is 0. The molecule has 4 rings (SSSR count). The summed E-state index contributed by atoms with van der Waals surface area (Å²) in [5.74, 6) is 0.759. The molecule has 3 heterocycles. The van der Waals surface area contributed by atoms with Crippen LogP contribution in [0.5, 0.6) is 0 Å². The van der Waals surface area contributed by atoms with E-state index in [0.29, 0.717) is 6.54 Å². The van der Waals surface area contributed by atoms with Crippen molar-refractivity contribution in [3.05, 3.63) is 66.4 Å². The van der Waals surface area contributed by atoms with E-state index in [9.17, 15) is 4.39 Å². The van der Waals surface area contributed by atoms with Crippen LogP contribution in [0.1, 0.15) is 12.6 Å². The number of guanidine groups is 1. The molecule has 3 aromatic rings. The molecule has 1 aromatic carbocycles. The van der Waals surface area contributed by atoms with Gasteiger partial charge in [-0.2, -0.15) is 0 Å². The summed E-state index contributed by atoms with van der Waals surface area (Å²) in [4.78, 5) is 14.1. The second-order valence-electron chi connectivity index (χ2n) is 7.13. The van der Waals surface area contributed by atoms with E-state index in [2.05, 4.69) is 33.2 Å². The molecule has 0 spiro atoms. The molecule has 1 aliphatic heterocycles. The Balaban J connectivity index is 0.00000256. The van der Waals surface area contributed by atoms with E-state index in [1.807, 2.05) is 40.9 Å². The fourth-order valence-electron chi connectivity index (χ4n) is 3.64. The number of piperazine rings is 1. The van der Waals surface area contributed by atoms with Crippen molar-refractivity contribution in [3.63, 3.8) is 0 Å². The molecule has 0 radical (unpaired) electrons. The van der Waals surface area contributed by atoms with Gasteiger partial charge in [-0.05, 0) is 43.3 Å². The zero-order chi connectivity index (χ0) is 20.1. The number of pyridine rings is 1. The number of rotatable bonds is 5. The average Bonchev–Trinajstić information content (AvgIpc) is 3.17. The summed E-state index contributed by atoms with van der Waals surface area (Å²) in [6.07, 6.45) is 4.89. The summed E-state index contributed by atoms with van der Waals surface area (Å²) in [6.45, 7) is 7.18. The van der Waals surface area contributed by atoms with Crippen molar-refractivity contribution in [1.29, 1.82) is 0 Å². The van der Waals surface area contributed by atoms with E-state index in [-0.39, 0.29) is 29.8 Å². The van der Waals surface area contributed by atoms with Gasteiger partial charge in [0.2, 0.25) is 0 Å². The molecule has 0 aliphatic carbocycles. The molecule has 160 valence electrons. The Morgan fingerprint density at radius 1 is 1.10 bits per heavy atom. The highest BCUT2D eigenvalue weighted by atomic mass is 127. The van der Waals surface area contributed by atoms with Crippen LogP contribution in [0.25, 0.3) is 5.65 Å². The third kappa shape index (κ3) is 5.41. The van der Waals surface area contributed by atoms with E-state index < -0.39 is 0 Å². The molecule has 1 fully saturated rings. The van der Waals surface area contributed by atoms with Crippen molar-refractivity contribution < 1.29 is 4.39 Å². The first-order chi connectivity index (χ1) is 14.2. The van der Waals surface area contributed by atoms with Gasteiger partial charge in [0.05, 0.1) is 5.69 Å². The van der Waals surface area contributed by atoms with Gasteiger partial charge in [0.15, 0.2) is 5.96 Å². The number of imidazole rings is 1. The van der Waals surface area contributed by atoms with E-state index in [4.69, 9.17) is 4.99 Å². The minimum atomic E-state index is -0.195. The number of fused-ring (bicyclic) bond motifs is 1. The van der Waals surface area contributed by atoms with Crippen LogP contribution in [-0.2, 0) is 6.42 Å². The Bertz CT molecular complexity index is 930. The molecule has 2 aromatic heterocycles. The van der Waals surface area contributed by atoms with Crippen molar-refractivity contribution >= 4 is 41.3 Å². The van der Waals surface area contributed by atoms with E-state index >= 15 is 0 Å². The number of aliphatic imine (C=N–C) groups is 1. The van der Waals surface area contributed by atoms with Crippen LogP contribution in [0.2, 0.25) is 0 Å². The lowest BCUT2D eigenvalue weighted by Gasteiger charge is -2.37. The second kappa shape index (κ2) is 10.6. The first kappa shape index (κ1) is 22.3. The predicted molar refractivity (Wildman–Crippen MR) is 130 cm³/mol.